The van der Waals surface area contributed by atoms with E-state index in [0.29, 0.717) is 55.9 Å². The number of hydrogen-bond acceptors (Lipinski definition) is 10. The molecule has 51 heavy (non-hydrogen) atoms. The average Bonchev–Trinajstić information content (AvgIpc) is 3.07. The lowest BCUT2D eigenvalue weighted by Gasteiger charge is -2.15. The molecule has 19 heteroatoms. The summed E-state index contributed by atoms with van der Waals surface area (Å²) in [6.45, 7) is 0. The standard InChI is InChI=1S/C16H10Cl3FN2O2.C16H12ClFN2O2.Cl2O2S/c1-23-11-5-12(24-2)15(18)13(14(11)17)8-3-7-6-21-16(19)22-10(7)4-9(8)20;1-21-11-3-9(4-12(6-11)22-2)13-5-10-8-19-16(17)20-15(10)7-14(13)18;1-5(2,3)4/h3-6H,1-2H3;3-8H,1-2H3;. The van der Waals surface area contributed by atoms with Crippen LogP contribution in [0.1, 0.15) is 0 Å². The van der Waals surface area contributed by atoms with E-state index in [1.54, 1.807) is 50.7 Å². The van der Waals surface area contributed by atoms with Crippen LogP contribution in [-0.2, 0) is 8.26 Å². The van der Waals surface area contributed by atoms with Crippen molar-refractivity contribution in [2.45, 2.75) is 0 Å². The van der Waals surface area contributed by atoms with Gasteiger partial charge in [0.05, 0.1) is 49.5 Å². The minimum Gasteiger partial charge on any atom is -0.497 e. The highest BCUT2D eigenvalue weighted by Gasteiger charge is 2.22. The molecule has 0 amide bonds. The second-order valence-electron chi connectivity index (χ2n) is 9.82. The zero-order valence-electron chi connectivity index (χ0n) is 26.4. The molecule has 0 radical (unpaired) electrons. The zero-order valence-corrected chi connectivity index (χ0v) is 31.8. The van der Waals surface area contributed by atoms with E-state index < -0.39 is 19.9 Å². The number of hydrogen-bond donors (Lipinski definition) is 0. The van der Waals surface area contributed by atoms with Crippen LogP contribution in [0.15, 0.2) is 60.9 Å². The number of aromatic nitrogens is 4. The predicted octanol–water partition coefficient (Wildman–Crippen LogP) is 10.2. The largest absolute Gasteiger partial charge is 0.497 e. The maximum atomic E-state index is 14.7. The molecule has 0 spiro atoms. The third-order valence-corrected chi connectivity index (χ3v) is 7.90. The van der Waals surface area contributed by atoms with E-state index >= 15 is 0 Å². The van der Waals surface area contributed by atoms with Gasteiger partial charge < -0.3 is 18.9 Å². The first-order valence-electron chi connectivity index (χ1n) is 13.8. The predicted molar refractivity (Wildman–Crippen MR) is 197 cm³/mol. The van der Waals surface area contributed by atoms with Crippen LogP contribution in [0.4, 0.5) is 8.78 Å². The molecule has 0 atom stereocenters. The number of methoxy groups -OCH3 is 4. The Kier molecular flexibility index (Phi) is 13.5. The van der Waals surface area contributed by atoms with Crippen molar-refractivity contribution in [2.75, 3.05) is 28.4 Å². The molecule has 0 aliphatic rings. The summed E-state index contributed by atoms with van der Waals surface area (Å²) in [4.78, 5) is 15.8. The van der Waals surface area contributed by atoms with Gasteiger partial charge in [-0.05, 0) is 53.0 Å². The Morgan fingerprint density at radius 1 is 0.588 bits per heavy atom. The maximum absolute atomic E-state index is 14.7. The molecule has 268 valence electrons. The van der Waals surface area contributed by atoms with E-state index in [9.17, 15) is 8.78 Å². The lowest BCUT2D eigenvalue weighted by Crippen LogP contribution is -1.96. The van der Waals surface area contributed by atoms with Gasteiger partial charge in [0, 0.05) is 85.5 Å². The van der Waals surface area contributed by atoms with E-state index in [2.05, 4.69) is 41.3 Å². The first-order chi connectivity index (χ1) is 24.1. The van der Waals surface area contributed by atoms with Crippen LogP contribution in [0.25, 0.3) is 44.1 Å². The van der Waals surface area contributed by atoms with Gasteiger partial charge in [0.1, 0.15) is 34.6 Å². The number of fused-ring (bicyclic) bond motifs is 2. The summed E-state index contributed by atoms with van der Waals surface area (Å²) < 4.78 is 68.3. The van der Waals surface area contributed by atoms with Gasteiger partial charge in [-0.15, -0.1) is 0 Å². The van der Waals surface area contributed by atoms with Crippen LogP contribution < -0.4 is 18.9 Å². The first-order valence-corrected chi connectivity index (χ1v) is 18.4. The van der Waals surface area contributed by atoms with Crippen molar-refractivity contribution in [2.24, 2.45) is 0 Å². The van der Waals surface area contributed by atoms with Crippen LogP contribution in [-0.4, -0.2) is 56.8 Å². The maximum Gasteiger partial charge on any atom is 0.317 e. The molecule has 4 aromatic carbocycles. The summed E-state index contributed by atoms with van der Waals surface area (Å²) in [5.74, 6) is 0.843. The minimum atomic E-state index is -3.72. The second kappa shape index (κ2) is 17.2. The van der Waals surface area contributed by atoms with Crippen molar-refractivity contribution >= 4 is 97.8 Å². The van der Waals surface area contributed by atoms with Crippen molar-refractivity contribution < 1.29 is 36.1 Å². The summed E-state index contributed by atoms with van der Waals surface area (Å²) >= 11 is 24.2. The van der Waals surface area contributed by atoms with Crippen LogP contribution in [0.3, 0.4) is 0 Å². The quantitative estimate of drug-likeness (QED) is 0.118. The Morgan fingerprint density at radius 2 is 1.00 bits per heavy atom. The number of benzene rings is 4. The summed E-state index contributed by atoms with van der Waals surface area (Å²) in [5, 5.41) is 1.76. The molecule has 6 aromatic rings. The van der Waals surface area contributed by atoms with Gasteiger partial charge in [-0.2, -0.15) is 8.42 Å². The van der Waals surface area contributed by atoms with E-state index in [1.165, 1.54) is 38.6 Å². The zero-order chi connectivity index (χ0) is 37.6. The molecule has 10 nitrogen and oxygen atoms in total. The molecule has 2 heterocycles. The molecule has 0 bridgehead atoms. The highest BCUT2D eigenvalue weighted by molar-refractivity contribution is 8.31. The normalized spacial score (nSPS) is 10.9. The Bertz CT molecular complexity index is 2300. The SMILES string of the molecule is COc1cc(OC)c(Cl)c(-c2cc3cnc(Cl)nc3cc2F)c1Cl.COc1cc(OC)cc(-c2cc3cnc(Cl)nc3cc2F)c1.O=S(=O)(Cl)Cl. The van der Waals surface area contributed by atoms with Crippen LogP contribution >= 0.6 is 67.8 Å². The average molecular weight is 841 g/mol. The third-order valence-electron chi connectivity index (χ3n) is 6.78. The lowest BCUT2D eigenvalue weighted by molar-refractivity contribution is 0.394. The fraction of sp³-hybridized carbons (Fsp3) is 0.125. The van der Waals surface area contributed by atoms with Gasteiger partial charge in [-0.1, -0.05) is 23.2 Å². The fourth-order valence-corrected chi connectivity index (χ4v) is 5.54. The first kappa shape index (κ1) is 40.1. The Labute approximate surface area is 319 Å². The molecule has 2 aromatic heterocycles. The smallest absolute Gasteiger partial charge is 0.317 e. The van der Waals surface area contributed by atoms with Gasteiger partial charge in [0.2, 0.25) is 10.6 Å². The molecule has 0 N–H and O–H groups in total. The molecule has 0 fully saturated rings. The summed E-state index contributed by atoms with van der Waals surface area (Å²) in [6.07, 6.45) is 3.05. The number of nitrogens with zero attached hydrogens (tertiary/aromatic N) is 4. The van der Waals surface area contributed by atoms with E-state index in [-0.39, 0.29) is 31.7 Å². The molecule has 6 rings (SSSR count). The van der Waals surface area contributed by atoms with Gasteiger partial charge in [0.15, 0.2) is 0 Å². The fourth-order valence-electron chi connectivity index (χ4n) is 4.56. The topological polar surface area (TPSA) is 123 Å². The van der Waals surface area contributed by atoms with E-state index in [1.807, 2.05) is 0 Å². The highest BCUT2D eigenvalue weighted by Crippen LogP contribution is 2.47. The van der Waals surface area contributed by atoms with Crippen molar-refractivity contribution in [3.63, 3.8) is 0 Å². The van der Waals surface area contributed by atoms with Crippen molar-refractivity contribution in [3.8, 4) is 45.3 Å². The summed E-state index contributed by atoms with van der Waals surface area (Å²) in [6, 6.07) is 12.6. The highest BCUT2D eigenvalue weighted by atomic mass is 36.0. The molecular formula is C32H22Cl6F2N4O6S. The molecule has 0 saturated carbocycles. The van der Waals surface area contributed by atoms with E-state index in [0.717, 1.165) is 0 Å². The van der Waals surface area contributed by atoms with Crippen molar-refractivity contribution in [1.82, 2.24) is 19.9 Å². The van der Waals surface area contributed by atoms with Crippen LogP contribution in [0, 0.1) is 11.6 Å². The number of ether oxygens (including phenoxy) is 4. The van der Waals surface area contributed by atoms with E-state index in [4.69, 9.17) is 73.8 Å². The molecule has 0 aliphatic heterocycles. The lowest BCUT2D eigenvalue weighted by atomic mass is 10.0. The third kappa shape index (κ3) is 10.2. The van der Waals surface area contributed by atoms with Crippen LogP contribution in [0.5, 0.6) is 23.0 Å². The Balaban J connectivity index is 0.000000203. The van der Waals surface area contributed by atoms with Crippen molar-refractivity contribution in [3.05, 3.63) is 93.2 Å². The molecular weight excluding hydrogens is 819 g/mol. The Hall–Kier alpha value is -3.69. The number of halogens is 8. The second-order valence-corrected chi connectivity index (χ2v) is 14.9. The summed E-state index contributed by atoms with van der Waals surface area (Å²) in [5.41, 5.74) is 2.33. The molecule has 0 unspecified atom stereocenters. The Morgan fingerprint density at radius 3 is 1.41 bits per heavy atom. The molecule has 0 aliphatic carbocycles. The monoisotopic (exact) mass is 838 g/mol. The van der Waals surface area contributed by atoms with Crippen molar-refractivity contribution in [1.29, 1.82) is 0 Å². The van der Waals surface area contributed by atoms with Crippen LogP contribution in [0.2, 0.25) is 20.6 Å². The molecule has 0 saturated heterocycles. The van der Waals surface area contributed by atoms with Gasteiger partial charge in [0.25, 0.3) is 0 Å². The minimum absolute atomic E-state index is 0.0359. The summed E-state index contributed by atoms with van der Waals surface area (Å²) in [7, 11) is 10.8. The van der Waals surface area contributed by atoms with Gasteiger partial charge in [-0.25, -0.2) is 28.7 Å². The van der Waals surface area contributed by atoms with Gasteiger partial charge >= 0.3 is 8.26 Å². The van der Waals surface area contributed by atoms with Gasteiger partial charge in [-0.3, -0.25) is 0 Å². The number of rotatable bonds is 6.